The summed E-state index contributed by atoms with van der Waals surface area (Å²) in [6.07, 6.45) is 1.93. The van der Waals surface area contributed by atoms with Crippen molar-refractivity contribution < 1.29 is 9.90 Å². The first-order chi connectivity index (χ1) is 7.02. The van der Waals surface area contributed by atoms with Crippen LogP contribution in [0.15, 0.2) is 15.5 Å². The molecule has 82 valence electrons. The van der Waals surface area contributed by atoms with Crippen LogP contribution in [0.25, 0.3) is 0 Å². The minimum absolute atomic E-state index is 0.0540. The molecular formula is C9H11BrN2O3. The zero-order chi connectivity index (χ0) is 11.4. The third-order valence-corrected chi connectivity index (χ3v) is 2.52. The molecule has 0 radical (unpaired) electrons. The number of aliphatic carboxylic acids is 1. The predicted molar refractivity (Wildman–Crippen MR) is 57.8 cm³/mol. The predicted octanol–water partition coefficient (Wildman–Crippen LogP) is 1.18. The Morgan fingerprint density at radius 2 is 2.33 bits per heavy atom. The quantitative estimate of drug-likeness (QED) is 0.895. The average molecular weight is 275 g/mol. The van der Waals surface area contributed by atoms with E-state index in [9.17, 15) is 9.59 Å². The highest BCUT2D eigenvalue weighted by atomic mass is 79.9. The molecule has 1 N–H and O–H groups in total. The minimum Gasteiger partial charge on any atom is -0.481 e. The van der Waals surface area contributed by atoms with Gasteiger partial charge < -0.3 is 5.11 Å². The molecular weight excluding hydrogens is 264 g/mol. The van der Waals surface area contributed by atoms with Crippen molar-refractivity contribution in [3.05, 3.63) is 26.8 Å². The maximum Gasteiger partial charge on any atom is 0.303 e. The van der Waals surface area contributed by atoms with Crippen molar-refractivity contribution in [1.29, 1.82) is 0 Å². The highest BCUT2D eigenvalue weighted by Gasteiger charge is 2.05. The lowest BCUT2D eigenvalue weighted by atomic mass is 10.3. The molecule has 0 bridgehead atoms. The molecule has 0 amide bonds. The van der Waals surface area contributed by atoms with Crippen LogP contribution in [0.1, 0.15) is 18.7 Å². The number of halogens is 1. The van der Waals surface area contributed by atoms with Crippen molar-refractivity contribution in [3.63, 3.8) is 0 Å². The fraction of sp³-hybridized carbons (Fsp3) is 0.444. The Kier molecular flexibility index (Phi) is 4.02. The number of carboxylic acid groups (broad SMARTS) is 1. The summed E-state index contributed by atoms with van der Waals surface area (Å²) in [5.41, 5.74) is -0.173. The smallest absolute Gasteiger partial charge is 0.303 e. The van der Waals surface area contributed by atoms with Gasteiger partial charge in [-0.3, -0.25) is 14.2 Å². The van der Waals surface area contributed by atoms with Crippen molar-refractivity contribution >= 4 is 21.9 Å². The first kappa shape index (κ1) is 11.9. The van der Waals surface area contributed by atoms with Crippen LogP contribution >= 0.6 is 15.9 Å². The number of aromatic nitrogens is 2. The van der Waals surface area contributed by atoms with Crippen LogP contribution in [0.3, 0.4) is 0 Å². The summed E-state index contributed by atoms with van der Waals surface area (Å²) < 4.78 is 1.86. The lowest BCUT2D eigenvalue weighted by Gasteiger charge is -2.07. The fourth-order valence-electron chi connectivity index (χ4n) is 1.20. The van der Waals surface area contributed by atoms with Crippen LogP contribution in [0, 0.1) is 6.92 Å². The number of nitrogens with zero attached hydrogens (tertiary/aromatic N) is 2. The normalized spacial score (nSPS) is 10.3. The molecule has 1 aromatic rings. The summed E-state index contributed by atoms with van der Waals surface area (Å²) in [4.78, 5) is 25.9. The second kappa shape index (κ2) is 5.06. The van der Waals surface area contributed by atoms with Crippen LogP contribution < -0.4 is 5.56 Å². The van der Waals surface area contributed by atoms with Crippen molar-refractivity contribution in [1.82, 2.24) is 9.55 Å². The molecule has 1 heterocycles. The summed E-state index contributed by atoms with van der Waals surface area (Å²) in [7, 11) is 0. The van der Waals surface area contributed by atoms with Crippen LogP contribution in [0.2, 0.25) is 0 Å². The Morgan fingerprint density at radius 1 is 1.67 bits per heavy atom. The van der Waals surface area contributed by atoms with E-state index >= 15 is 0 Å². The maximum absolute atomic E-state index is 11.6. The van der Waals surface area contributed by atoms with E-state index in [0.29, 0.717) is 23.3 Å². The van der Waals surface area contributed by atoms with Gasteiger partial charge in [-0.2, -0.15) is 0 Å². The number of aryl methyl sites for hydroxylation is 1. The largest absolute Gasteiger partial charge is 0.481 e. The lowest BCUT2D eigenvalue weighted by molar-refractivity contribution is -0.137. The molecule has 5 nitrogen and oxygen atoms in total. The van der Waals surface area contributed by atoms with E-state index in [4.69, 9.17) is 5.11 Å². The third-order valence-electron chi connectivity index (χ3n) is 1.98. The molecule has 0 atom stereocenters. The molecule has 0 saturated heterocycles. The number of hydrogen-bond donors (Lipinski definition) is 1. The Hall–Kier alpha value is -1.17. The zero-order valence-electron chi connectivity index (χ0n) is 8.23. The van der Waals surface area contributed by atoms with Gasteiger partial charge in [-0.25, -0.2) is 4.98 Å². The molecule has 6 heteroatoms. The summed E-state index contributed by atoms with van der Waals surface area (Å²) >= 11 is 3.09. The van der Waals surface area contributed by atoms with Gasteiger partial charge in [0.05, 0.1) is 0 Å². The third kappa shape index (κ3) is 3.16. The molecule has 0 aliphatic rings. The monoisotopic (exact) mass is 274 g/mol. The van der Waals surface area contributed by atoms with E-state index in [1.165, 1.54) is 10.8 Å². The Bertz CT molecular complexity index is 428. The van der Waals surface area contributed by atoms with Crippen molar-refractivity contribution in [2.24, 2.45) is 0 Å². The first-order valence-electron chi connectivity index (χ1n) is 4.46. The van der Waals surface area contributed by atoms with E-state index in [1.54, 1.807) is 6.92 Å². The van der Waals surface area contributed by atoms with Gasteiger partial charge in [-0.1, -0.05) is 0 Å². The van der Waals surface area contributed by atoms with Crippen LogP contribution in [-0.2, 0) is 11.3 Å². The Morgan fingerprint density at radius 3 is 2.93 bits per heavy atom. The molecule has 0 aliphatic heterocycles. The summed E-state index contributed by atoms with van der Waals surface area (Å²) in [5.74, 6) is -0.266. The van der Waals surface area contributed by atoms with Crippen LogP contribution in [-0.4, -0.2) is 20.6 Å². The van der Waals surface area contributed by atoms with Gasteiger partial charge in [0, 0.05) is 19.2 Å². The van der Waals surface area contributed by atoms with Gasteiger partial charge >= 0.3 is 5.97 Å². The molecule has 0 aliphatic carbocycles. The highest BCUT2D eigenvalue weighted by molar-refractivity contribution is 9.10. The SMILES string of the molecule is Cc1ncc(Br)c(=O)n1CCCC(=O)O. The van der Waals surface area contributed by atoms with E-state index in [2.05, 4.69) is 20.9 Å². The van der Waals surface area contributed by atoms with Gasteiger partial charge in [-0.05, 0) is 29.3 Å². The standard InChI is InChI=1S/C9H11BrN2O3/c1-6-11-5-7(10)9(15)12(6)4-2-3-8(13)14/h5H,2-4H2,1H3,(H,13,14). The van der Waals surface area contributed by atoms with Gasteiger partial charge in [0.25, 0.3) is 5.56 Å². The molecule has 0 spiro atoms. The molecule has 1 aromatic heterocycles. The number of carboxylic acids is 1. The molecule has 0 unspecified atom stereocenters. The summed E-state index contributed by atoms with van der Waals surface area (Å²) in [6, 6.07) is 0. The fourth-order valence-corrected chi connectivity index (χ4v) is 1.52. The molecule has 1 rings (SSSR count). The molecule has 15 heavy (non-hydrogen) atoms. The van der Waals surface area contributed by atoms with Crippen LogP contribution in [0.4, 0.5) is 0 Å². The van der Waals surface area contributed by atoms with Gasteiger partial charge in [0.2, 0.25) is 0 Å². The number of rotatable bonds is 4. The second-order valence-corrected chi connectivity index (χ2v) is 3.96. The van der Waals surface area contributed by atoms with E-state index in [-0.39, 0.29) is 12.0 Å². The number of carbonyl (C=O) groups is 1. The Balaban J connectivity index is 2.80. The van der Waals surface area contributed by atoms with Crippen LogP contribution in [0.5, 0.6) is 0 Å². The van der Waals surface area contributed by atoms with Gasteiger partial charge in [0.1, 0.15) is 10.3 Å². The molecule has 0 aromatic carbocycles. The highest BCUT2D eigenvalue weighted by Crippen LogP contribution is 2.02. The lowest BCUT2D eigenvalue weighted by Crippen LogP contribution is -2.24. The number of hydrogen-bond acceptors (Lipinski definition) is 3. The summed E-state index contributed by atoms with van der Waals surface area (Å²) in [5, 5.41) is 8.47. The van der Waals surface area contributed by atoms with Gasteiger partial charge in [0.15, 0.2) is 0 Å². The average Bonchev–Trinajstić information content (AvgIpc) is 2.17. The van der Waals surface area contributed by atoms with E-state index in [0.717, 1.165) is 0 Å². The van der Waals surface area contributed by atoms with Crippen molar-refractivity contribution in [3.8, 4) is 0 Å². The van der Waals surface area contributed by atoms with Crippen molar-refractivity contribution in [2.45, 2.75) is 26.3 Å². The molecule has 0 fully saturated rings. The minimum atomic E-state index is -0.858. The molecule has 0 saturated carbocycles. The maximum atomic E-state index is 11.6. The Labute approximate surface area is 94.9 Å². The van der Waals surface area contributed by atoms with Crippen molar-refractivity contribution in [2.75, 3.05) is 0 Å². The topological polar surface area (TPSA) is 72.2 Å². The first-order valence-corrected chi connectivity index (χ1v) is 5.25. The van der Waals surface area contributed by atoms with Gasteiger partial charge in [-0.15, -0.1) is 0 Å². The second-order valence-electron chi connectivity index (χ2n) is 3.11. The summed E-state index contributed by atoms with van der Waals surface area (Å²) in [6.45, 7) is 2.10. The van der Waals surface area contributed by atoms with E-state index < -0.39 is 5.97 Å². The zero-order valence-corrected chi connectivity index (χ0v) is 9.82. The van der Waals surface area contributed by atoms with E-state index in [1.807, 2.05) is 0 Å².